The number of hydrogen-bond donors (Lipinski definition) is 1. The third kappa shape index (κ3) is 4.68. The zero-order chi connectivity index (χ0) is 15.4. The van der Waals surface area contributed by atoms with Gasteiger partial charge < -0.3 is 9.88 Å². The molecule has 3 aromatic rings. The molecule has 122 valence electrons. The average Bonchev–Trinajstić information content (AvgIpc) is 3.09. The van der Waals surface area contributed by atoms with Gasteiger partial charge in [0.05, 0.1) is 6.20 Å². The largest absolute Gasteiger partial charge is 0.331 e. The van der Waals surface area contributed by atoms with Crippen molar-refractivity contribution in [3.05, 3.63) is 71.6 Å². The number of nitrogens with zero attached hydrogens (tertiary/aromatic N) is 4. The van der Waals surface area contributed by atoms with E-state index in [0.29, 0.717) is 0 Å². The Bertz CT molecular complexity index is 747. The first-order valence-electron chi connectivity index (χ1n) is 7.44. The van der Waals surface area contributed by atoms with Gasteiger partial charge in [-0.25, -0.2) is 4.98 Å². The molecule has 1 N–H and O–H groups in total. The summed E-state index contributed by atoms with van der Waals surface area (Å²) in [6.45, 7) is 4.58. The van der Waals surface area contributed by atoms with Crippen LogP contribution in [0.5, 0.6) is 0 Å². The van der Waals surface area contributed by atoms with Crippen LogP contribution in [0, 0.1) is 6.92 Å². The van der Waals surface area contributed by atoms with Crippen LogP contribution in [0.1, 0.15) is 22.5 Å². The first-order chi connectivity index (χ1) is 10.7. The van der Waals surface area contributed by atoms with E-state index in [2.05, 4.69) is 44.2 Å². The Hall–Kier alpha value is -2.11. The SMILES string of the molecule is Cc1nccn1Cc1cccc(CNCc2cnn(C)c2)c1.Cl. The Kier molecular flexibility index (Phi) is 5.96. The number of nitrogens with one attached hydrogen (secondary N) is 1. The highest BCUT2D eigenvalue weighted by Gasteiger charge is 2.01. The van der Waals surface area contributed by atoms with Crippen LogP contribution in [0.4, 0.5) is 0 Å². The molecule has 0 bridgehead atoms. The van der Waals surface area contributed by atoms with E-state index in [1.54, 1.807) is 0 Å². The van der Waals surface area contributed by atoms with Gasteiger partial charge in [-0.3, -0.25) is 4.68 Å². The molecule has 23 heavy (non-hydrogen) atoms. The number of halogens is 1. The van der Waals surface area contributed by atoms with E-state index in [0.717, 1.165) is 25.5 Å². The molecule has 3 rings (SSSR count). The van der Waals surface area contributed by atoms with Gasteiger partial charge in [0, 0.05) is 50.8 Å². The monoisotopic (exact) mass is 331 g/mol. The Labute approximate surface area is 142 Å². The quantitative estimate of drug-likeness (QED) is 0.755. The molecule has 0 amide bonds. The standard InChI is InChI=1S/C17H21N5.ClH/c1-14-19-6-7-22(14)13-16-5-3-4-15(8-16)9-18-10-17-11-20-21(2)12-17;/h3-8,11-12,18H,9-10,13H2,1-2H3;1H. The summed E-state index contributed by atoms with van der Waals surface area (Å²) in [5.41, 5.74) is 3.79. The van der Waals surface area contributed by atoms with E-state index in [9.17, 15) is 0 Å². The normalized spacial score (nSPS) is 10.5. The van der Waals surface area contributed by atoms with E-state index < -0.39 is 0 Å². The van der Waals surface area contributed by atoms with Crippen LogP contribution in [-0.4, -0.2) is 19.3 Å². The number of benzene rings is 1. The zero-order valence-electron chi connectivity index (χ0n) is 13.4. The second-order valence-electron chi connectivity index (χ2n) is 5.55. The van der Waals surface area contributed by atoms with E-state index in [1.165, 1.54) is 16.7 Å². The fourth-order valence-corrected chi connectivity index (χ4v) is 2.52. The van der Waals surface area contributed by atoms with Crippen molar-refractivity contribution in [2.75, 3.05) is 0 Å². The third-order valence-electron chi connectivity index (χ3n) is 3.68. The molecule has 0 radical (unpaired) electrons. The Morgan fingerprint density at radius 3 is 2.61 bits per heavy atom. The topological polar surface area (TPSA) is 47.7 Å². The van der Waals surface area contributed by atoms with E-state index in [1.807, 2.05) is 43.4 Å². The molecule has 2 aromatic heterocycles. The third-order valence-corrected chi connectivity index (χ3v) is 3.68. The van der Waals surface area contributed by atoms with Gasteiger partial charge in [0.1, 0.15) is 5.82 Å². The molecule has 2 heterocycles. The van der Waals surface area contributed by atoms with Crippen LogP contribution in [0.15, 0.2) is 49.1 Å². The molecule has 0 unspecified atom stereocenters. The molecular formula is C17H22ClN5. The summed E-state index contributed by atoms with van der Waals surface area (Å²) in [5.74, 6) is 1.04. The number of rotatable bonds is 6. The highest BCUT2D eigenvalue weighted by Crippen LogP contribution is 2.09. The minimum absolute atomic E-state index is 0. The van der Waals surface area contributed by atoms with Crippen molar-refractivity contribution in [3.63, 3.8) is 0 Å². The van der Waals surface area contributed by atoms with Crippen LogP contribution >= 0.6 is 12.4 Å². The van der Waals surface area contributed by atoms with Gasteiger partial charge in [-0.1, -0.05) is 24.3 Å². The van der Waals surface area contributed by atoms with Crippen LogP contribution in [-0.2, 0) is 26.7 Å². The summed E-state index contributed by atoms with van der Waals surface area (Å²) in [4.78, 5) is 4.26. The lowest BCUT2D eigenvalue weighted by atomic mass is 10.1. The van der Waals surface area contributed by atoms with Crippen molar-refractivity contribution >= 4 is 12.4 Å². The van der Waals surface area contributed by atoms with Crippen LogP contribution in [0.3, 0.4) is 0 Å². The molecule has 0 aliphatic carbocycles. The van der Waals surface area contributed by atoms with Crippen molar-refractivity contribution in [3.8, 4) is 0 Å². The lowest BCUT2D eigenvalue weighted by Crippen LogP contribution is -2.12. The number of aromatic nitrogens is 4. The van der Waals surface area contributed by atoms with Gasteiger partial charge in [-0.15, -0.1) is 12.4 Å². The predicted molar refractivity (Wildman–Crippen MR) is 93.5 cm³/mol. The molecule has 6 heteroatoms. The van der Waals surface area contributed by atoms with Crippen molar-refractivity contribution in [2.45, 2.75) is 26.6 Å². The number of aryl methyl sites for hydroxylation is 2. The first kappa shape index (κ1) is 17.2. The maximum atomic E-state index is 4.26. The van der Waals surface area contributed by atoms with Gasteiger partial charge >= 0.3 is 0 Å². The van der Waals surface area contributed by atoms with Gasteiger partial charge in [0.25, 0.3) is 0 Å². The highest BCUT2D eigenvalue weighted by molar-refractivity contribution is 5.85. The van der Waals surface area contributed by atoms with Crippen molar-refractivity contribution in [2.24, 2.45) is 7.05 Å². The maximum Gasteiger partial charge on any atom is 0.105 e. The number of imidazole rings is 1. The lowest BCUT2D eigenvalue weighted by Gasteiger charge is -2.08. The van der Waals surface area contributed by atoms with Gasteiger partial charge in [-0.2, -0.15) is 5.10 Å². The van der Waals surface area contributed by atoms with Crippen molar-refractivity contribution in [1.29, 1.82) is 0 Å². The molecule has 0 fully saturated rings. The summed E-state index contributed by atoms with van der Waals surface area (Å²) < 4.78 is 3.98. The molecular weight excluding hydrogens is 310 g/mol. The highest BCUT2D eigenvalue weighted by atomic mass is 35.5. The minimum atomic E-state index is 0. The van der Waals surface area contributed by atoms with E-state index in [-0.39, 0.29) is 12.4 Å². The van der Waals surface area contributed by atoms with Crippen molar-refractivity contribution in [1.82, 2.24) is 24.6 Å². The number of hydrogen-bond acceptors (Lipinski definition) is 3. The van der Waals surface area contributed by atoms with Crippen LogP contribution < -0.4 is 5.32 Å². The van der Waals surface area contributed by atoms with E-state index >= 15 is 0 Å². The minimum Gasteiger partial charge on any atom is -0.331 e. The van der Waals surface area contributed by atoms with Crippen molar-refractivity contribution < 1.29 is 0 Å². The van der Waals surface area contributed by atoms with Gasteiger partial charge in [0.15, 0.2) is 0 Å². The zero-order valence-corrected chi connectivity index (χ0v) is 14.3. The fourth-order valence-electron chi connectivity index (χ4n) is 2.52. The second-order valence-corrected chi connectivity index (χ2v) is 5.55. The lowest BCUT2D eigenvalue weighted by molar-refractivity contribution is 0.689. The second kappa shape index (κ2) is 7.94. The smallest absolute Gasteiger partial charge is 0.105 e. The Balaban J connectivity index is 0.00000192. The predicted octanol–water partition coefficient (Wildman–Crippen LogP) is 2.68. The summed E-state index contributed by atoms with van der Waals surface area (Å²) >= 11 is 0. The molecule has 5 nitrogen and oxygen atoms in total. The van der Waals surface area contributed by atoms with Crippen LogP contribution in [0.2, 0.25) is 0 Å². The van der Waals surface area contributed by atoms with Gasteiger partial charge in [-0.05, 0) is 18.1 Å². The summed E-state index contributed by atoms with van der Waals surface area (Å²) in [7, 11) is 1.94. The van der Waals surface area contributed by atoms with Gasteiger partial charge in [0.2, 0.25) is 0 Å². The fraction of sp³-hybridized carbons (Fsp3) is 0.294. The van der Waals surface area contributed by atoms with Crippen LogP contribution in [0.25, 0.3) is 0 Å². The molecule has 0 atom stereocenters. The Morgan fingerprint density at radius 2 is 1.91 bits per heavy atom. The Morgan fingerprint density at radius 1 is 1.13 bits per heavy atom. The molecule has 1 aromatic carbocycles. The molecule has 0 saturated heterocycles. The summed E-state index contributed by atoms with van der Waals surface area (Å²) in [6, 6.07) is 8.67. The average molecular weight is 332 g/mol. The molecule has 0 spiro atoms. The maximum absolute atomic E-state index is 4.26. The molecule has 0 saturated carbocycles. The summed E-state index contributed by atoms with van der Waals surface area (Å²) in [6.07, 6.45) is 7.79. The molecule has 0 aliphatic rings. The molecule has 0 aliphatic heterocycles. The first-order valence-corrected chi connectivity index (χ1v) is 7.44. The van der Waals surface area contributed by atoms with E-state index in [4.69, 9.17) is 0 Å². The summed E-state index contributed by atoms with van der Waals surface area (Å²) in [5, 5.41) is 7.63.